The summed E-state index contributed by atoms with van der Waals surface area (Å²) in [4.78, 5) is 30.6. The number of anilines is 1. The molecule has 2 aromatic rings. The molecule has 5 nitrogen and oxygen atoms in total. The molecule has 2 aliphatic heterocycles. The molecule has 2 heterocycles. The fourth-order valence-electron chi connectivity index (χ4n) is 4.73. The second-order valence-electron chi connectivity index (χ2n) is 8.93. The molecule has 1 fully saturated rings. The van der Waals surface area contributed by atoms with Gasteiger partial charge in [-0.2, -0.15) is 0 Å². The molecule has 31 heavy (non-hydrogen) atoms. The quantitative estimate of drug-likeness (QED) is 0.796. The molecule has 1 N–H and O–H groups in total. The van der Waals surface area contributed by atoms with Crippen LogP contribution < -0.4 is 5.32 Å². The summed E-state index contributed by atoms with van der Waals surface area (Å²) in [5.74, 6) is 0.737. The Morgan fingerprint density at radius 3 is 2.58 bits per heavy atom. The van der Waals surface area contributed by atoms with Crippen LogP contribution in [0.1, 0.15) is 49.4 Å². The van der Waals surface area contributed by atoms with Crippen LogP contribution in [0.5, 0.6) is 0 Å². The number of likely N-dealkylation sites (tertiary alicyclic amines) is 1. The van der Waals surface area contributed by atoms with Crippen molar-refractivity contribution >= 4 is 17.5 Å². The number of fused-ring (bicyclic) bond motifs is 1. The van der Waals surface area contributed by atoms with Crippen molar-refractivity contribution in [2.24, 2.45) is 5.92 Å². The van der Waals surface area contributed by atoms with Crippen molar-refractivity contribution in [2.45, 2.75) is 45.6 Å². The zero-order chi connectivity index (χ0) is 21.8. The average Bonchev–Trinajstić information content (AvgIpc) is 2.79. The maximum atomic E-state index is 13.6. The molecule has 0 bridgehead atoms. The first-order valence-electron chi connectivity index (χ1n) is 11.5. The van der Waals surface area contributed by atoms with E-state index < -0.39 is 0 Å². The van der Waals surface area contributed by atoms with Gasteiger partial charge in [0.25, 0.3) is 0 Å². The molecule has 2 aromatic carbocycles. The molecule has 4 rings (SSSR count). The number of aryl methyl sites for hydroxylation is 1. The Kier molecular flexibility index (Phi) is 6.71. The van der Waals surface area contributed by atoms with Gasteiger partial charge in [0.1, 0.15) is 6.04 Å². The van der Waals surface area contributed by atoms with Gasteiger partial charge in [-0.3, -0.25) is 14.5 Å². The molecule has 0 spiro atoms. The topological polar surface area (TPSA) is 52.7 Å². The lowest BCUT2D eigenvalue weighted by Gasteiger charge is -2.40. The molecular weight excluding hydrogens is 386 g/mol. The molecule has 1 atom stereocenters. The minimum Gasteiger partial charge on any atom is -0.341 e. The first-order valence-corrected chi connectivity index (χ1v) is 11.5. The number of piperidine rings is 1. The molecule has 0 aliphatic carbocycles. The van der Waals surface area contributed by atoms with E-state index in [1.54, 1.807) is 0 Å². The lowest BCUT2D eigenvalue weighted by Crippen LogP contribution is -2.50. The number of amides is 2. The normalized spacial score (nSPS) is 19.7. The molecule has 0 radical (unpaired) electrons. The highest BCUT2D eigenvalue weighted by Gasteiger charge is 2.37. The van der Waals surface area contributed by atoms with E-state index in [4.69, 9.17) is 0 Å². The molecule has 164 valence electrons. The SMILES string of the molecule is CCc1cccc(NC(=O)CN2CCc3ccccc3[C@@H]2C(=O)N2CCC(C)CC2)c1. The van der Waals surface area contributed by atoms with Gasteiger partial charge < -0.3 is 10.2 Å². The minimum absolute atomic E-state index is 0.0716. The number of nitrogens with zero attached hydrogens (tertiary/aromatic N) is 2. The van der Waals surface area contributed by atoms with E-state index in [1.807, 2.05) is 35.2 Å². The predicted octanol–water partition coefficient (Wildman–Crippen LogP) is 4.05. The maximum Gasteiger partial charge on any atom is 0.244 e. The van der Waals surface area contributed by atoms with Gasteiger partial charge in [0.15, 0.2) is 0 Å². The third kappa shape index (κ3) is 4.99. The molecule has 2 aliphatic rings. The van der Waals surface area contributed by atoms with E-state index in [1.165, 1.54) is 11.1 Å². The Bertz CT molecular complexity index is 934. The first-order chi connectivity index (χ1) is 15.0. The van der Waals surface area contributed by atoms with Gasteiger partial charge in [0.05, 0.1) is 6.54 Å². The number of carbonyl (C=O) groups excluding carboxylic acids is 2. The van der Waals surface area contributed by atoms with Gasteiger partial charge in [-0.25, -0.2) is 0 Å². The third-order valence-corrected chi connectivity index (χ3v) is 6.68. The zero-order valence-corrected chi connectivity index (χ0v) is 18.6. The summed E-state index contributed by atoms with van der Waals surface area (Å²) in [6.07, 6.45) is 3.88. The summed E-state index contributed by atoms with van der Waals surface area (Å²) in [6.45, 7) is 6.89. The van der Waals surface area contributed by atoms with Crippen molar-refractivity contribution < 1.29 is 9.59 Å². The third-order valence-electron chi connectivity index (χ3n) is 6.68. The molecular formula is C26H33N3O2. The van der Waals surface area contributed by atoms with Crippen molar-refractivity contribution in [2.75, 3.05) is 31.5 Å². The number of hydrogen-bond acceptors (Lipinski definition) is 3. The minimum atomic E-state index is -0.383. The van der Waals surface area contributed by atoms with Gasteiger partial charge in [-0.15, -0.1) is 0 Å². The van der Waals surface area contributed by atoms with Crippen molar-refractivity contribution in [1.29, 1.82) is 0 Å². The largest absolute Gasteiger partial charge is 0.341 e. The van der Waals surface area contributed by atoms with Crippen molar-refractivity contribution in [3.05, 3.63) is 65.2 Å². The molecule has 0 unspecified atom stereocenters. The van der Waals surface area contributed by atoms with Crippen molar-refractivity contribution in [3.63, 3.8) is 0 Å². The van der Waals surface area contributed by atoms with Crippen LogP contribution in [0.4, 0.5) is 5.69 Å². The zero-order valence-electron chi connectivity index (χ0n) is 18.6. The van der Waals surface area contributed by atoms with Crippen LogP contribution in [-0.2, 0) is 22.4 Å². The van der Waals surface area contributed by atoms with Crippen molar-refractivity contribution in [3.8, 4) is 0 Å². The van der Waals surface area contributed by atoms with Crippen LogP contribution in [0.2, 0.25) is 0 Å². The van der Waals surface area contributed by atoms with Crippen LogP contribution in [0.25, 0.3) is 0 Å². The van der Waals surface area contributed by atoms with Crippen LogP contribution in [-0.4, -0.2) is 47.8 Å². The van der Waals surface area contributed by atoms with Gasteiger partial charge in [0.2, 0.25) is 11.8 Å². The van der Waals surface area contributed by atoms with Crippen LogP contribution in [0, 0.1) is 5.92 Å². The van der Waals surface area contributed by atoms with Crippen molar-refractivity contribution in [1.82, 2.24) is 9.80 Å². The number of nitrogens with one attached hydrogen (secondary N) is 1. The average molecular weight is 420 g/mol. The van der Waals surface area contributed by atoms with E-state index in [-0.39, 0.29) is 24.4 Å². The van der Waals surface area contributed by atoms with Gasteiger partial charge in [-0.05, 0) is 60.4 Å². The highest BCUT2D eigenvalue weighted by Crippen LogP contribution is 2.32. The van der Waals surface area contributed by atoms with E-state index in [9.17, 15) is 9.59 Å². The summed E-state index contributed by atoms with van der Waals surface area (Å²) >= 11 is 0. The summed E-state index contributed by atoms with van der Waals surface area (Å²) in [5.41, 5.74) is 4.28. The Morgan fingerprint density at radius 1 is 1.03 bits per heavy atom. The number of hydrogen-bond donors (Lipinski definition) is 1. The van der Waals surface area contributed by atoms with E-state index in [0.29, 0.717) is 12.5 Å². The predicted molar refractivity (Wildman–Crippen MR) is 124 cm³/mol. The van der Waals surface area contributed by atoms with E-state index in [0.717, 1.165) is 50.0 Å². The Morgan fingerprint density at radius 2 is 1.81 bits per heavy atom. The summed E-state index contributed by atoms with van der Waals surface area (Å²) in [7, 11) is 0. The number of carbonyl (C=O) groups is 2. The Hall–Kier alpha value is -2.66. The summed E-state index contributed by atoms with van der Waals surface area (Å²) < 4.78 is 0. The molecule has 1 saturated heterocycles. The highest BCUT2D eigenvalue weighted by molar-refractivity contribution is 5.93. The molecule has 0 saturated carbocycles. The molecule has 5 heteroatoms. The second kappa shape index (κ2) is 9.65. The lowest BCUT2D eigenvalue weighted by molar-refractivity contribution is -0.139. The van der Waals surface area contributed by atoms with E-state index >= 15 is 0 Å². The first kappa shape index (κ1) is 21.6. The fourth-order valence-corrected chi connectivity index (χ4v) is 4.73. The Balaban J connectivity index is 1.52. The van der Waals surface area contributed by atoms with Crippen LogP contribution in [0.3, 0.4) is 0 Å². The number of rotatable bonds is 5. The van der Waals surface area contributed by atoms with Crippen LogP contribution >= 0.6 is 0 Å². The standard InChI is InChI=1S/C26H33N3O2/c1-3-20-7-6-9-22(17-20)27-24(30)18-29-16-13-21-8-4-5-10-23(21)25(29)26(31)28-14-11-19(2)12-15-28/h4-10,17,19,25H,3,11-16,18H2,1-2H3,(H,27,30)/t25-/m1/s1. The second-order valence-corrected chi connectivity index (χ2v) is 8.93. The summed E-state index contributed by atoms with van der Waals surface area (Å²) in [5, 5.41) is 3.03. The van der Waals surface area contributed by atoms with Gasteiger partial charge >= 0.3 is 0 Å². The molecule has 0 aromatic heterocycles. The van der Waals surface area contributed by atoms with Crippen LogP contribution in [0.15, 0.2) is 48.5 Å². The highest BCUT2D eigenvalue weighted by atomic mass is 16.2. The van der Waals surface area contributed by atoms with Gasteiger partial charge in [-0.1, -0.05) is 50.2 Å². The molecule has 2 amide bonds. The van der Waals surface area contributed by atoms with Gasteiger partial charge in [0, 0.05) is 25.3 Å². The summed E-state index contributed by atoms with van der Waals surface area (Å²) in [6, 6.07) is 15.8. The lowest BCUT2D eigenvalue weighted by atomic mass is 9.90. The maximum absolute atomic E-state index is 13.6. The number of benzene rings is 2. The van der Waals surface area contributed by atoms with E-state index in [2.05, 4.69) is 42.3 Å². The fraction of sp³-hybridized carbons (Fsp3) is 0.462. The Labute approximate surface area is 185 Å². The smallest absolute Gasteiger partial charge is 0.244 e. The monoisotopic (exact) mass is 419 g/mol.